The number of aliphatic hydroxyl groups is 1. The van der Waals surface area contributed by atoms with Crippen LogP contribution in [0.25, 0.3) is 0 Å². The lowest BCUT2D eigenvalue weighted by Gasteiger charge is -2.27. The van der Waals surface area contributed by atoms with Gasteiger partial charge in [0.1, 0.15) is 5.82 Å². The molecule has 5 heteroatoms. The Morgan fingerprint density at radius 1 is 1.30 bits per heavy atom. The van der Waals surface area contributed by atoms with Crippen LogP contribution in [0.3, 0.4) is 0 Å². The van der Waals surface area contributed by atoms with Gasteiger partial charge >= 0.3 is 0 Å². The highest BCUT2D eigenvalue weighted by Gasteiger charge is 2.35. The average Bonchev–Trinajstić information content (AvgIpc) is 3.17. The van der Waals surface area contributed by atoms with Crippen LogP contribution >= 0.6 is 0 Å². The predicted molar refractivity (Wildman–Crippen MR) is 86.3 cm³/mol. The van der Waals surface area contributed by atoms with Crippen molar-refractivity contribution in [1.29, 1.82) is 0 Å². The number of carbonyl (C=O) groups excluding carboxylic acids is 1. The van der Waals surface area contributed by atoms with E-state index in [0.29, 0.717) is 18.7 Å². The van der Waals surface area contributed by atoms with E-state index in [1.165, 1.54) is 6.07 Å². The summed E-state index contributed by atoms with van der Waals surface area (Å²) in [5, 5.41) is 13.3. The minimum atomic E-state index is -0.732. The SMILES string of the molecule is O=C(NCC1(O)CCCC1)C1CCCN1Cc1ccccc1F. The van der Waals surface area contributed by atoms with E-state index in [1.807, 2.05) is 11.0 Å². The lowest BCUT2D eigenvalue weighted by molar-refractivity contribution is -0.126. The molecule has 1 heterocycles. The van der Waals surface area contributed by atoms with Crippen molar-refractivity contribution in [2.75, 3.05) is 13.1 Å². The second kappa shape index (κ2) is 6.97. The van der Waals surface area contributed by atoms with Crippen LogP contribution in [0.2, 0.25) is 0 Å². The fraction of sp³-hybridized carbons (Fsp3) is 0.611. The number of amides is 1. The monoisotopic (exact) mass is 320 g/mol. The lowest BCUT2D eigenvalue weighted by atomic mass is 10.0. The largest absolute Gasteiger partial charge is 0.388 e. The van der Waals surface area contributed by atoms with Gasteiger partial charge in [-0.3, -0.25) is 9.69 Å². The molecule has 1 unspecified atom stereocenters. The molecule has 1 aliphatic heterocycles. The number of likely N-dealkylation sites (tertiary alicyclic amines) is 1. The maximum absolute atomic E-state index is 13.8. The van der Waals surface area contributed by atoms with Crippen molar-refractivity contribution in [2.24, 2.45) is 0 Å². The van der Waals surface area contributed by atoms with Gasteiger partial charge in [-0.2, -0.15) is 0 Å². The van der Waals surface area contributed by atoms with Gasteiger partial charge in [0.25, 0.3) is 0 Å². The van der Waals surface area contributed by atoms with Gasteiger partial charge in [-0.05, 0) is 38.3 Å². The third-order valence-corrected chi connectivity index (χ3v) is 5.12. The Labute approximate surface area is 136 Å². The van der Waals surface area contributed by atoms with Gasteiger partial charge in [-0.15, -0.1) is 0 Å². The van der Waals surface area contributed by atoms with Crippen LogP contribution in [-0.4, -0.2) is 40.6 Å². The van der Waals surface area contributed by atoms with Crippen molar-refractivity contribution < 1.29 is 14.3 Å². The van der Waals surface area contributed by atoms with E-state index in [9.17, 15) is 14.3 Å². The third kappa shape index (κ3) is 3.90. The summed E-state index contributed by atoms with van der Waals surface area (Å²) in [6, 6.07) is 6.49. The minimum absolute atomic E-state index is 0.0424. The molecule has 2 aliphatic rings. The fourth-order valence-corrected chi connectivity index (χ4v) is 3.74. The normalized spacial score (nSPS) is 24.0. The molecule has 0 aromatic heterocycles. The standard InChI is InChI=1S/C18H25FN2O2/c19-15-7-2-1-6-14(15)12-21-11-5-8-16(21)17(22)20-13-18(23)9-3-4-10-18/h1-2,6-7,16,23H,3-5,8-13H2,(H,20,22). The van der Waals surface area contributed by atoms with Crippen molar-refractivity contribution in [3.8, 4) is 0 Å². The first-order chi connectivity index (χ1) is 11.1. The molecule has 1 atom stereocenters. The summed E-state index contributed by atoms with van der Waals surface area (Å²) in [7, 11) is 0. The summed E-state index contributed by atoms with van der Waals surface area (Å²) in [5.74, 6) is -0.266. The number of nitrogens with one attached hydrogen (secondary N) is 1. The van der Waals surface area contributed by atoms with Crippen LogP contribution < -0.4 is 5.32 Å². The summed E-state index contributed by atoms with van der Waals surface area (Å²) >= 11 is 0. The van der Waals surface area contributed by atoms with Crippen LogP contribution in [0.5, 0.6) is 0 Å². The lowest BCUT2D eigenvalue weighted by Crippen LogP contribution is -2.48. The van der Waals surface area contributed by atoms with Gasteiger partial charge in [0, 0.05) is 18.7 Å². The van der Waals surface area contributed by atoms with Gasteiger partial charge in [0.2, 0.25) is 5.91 Å². The van der Waals surface area contributed by atoms with E-state index < -0.39 is 5.60 Å². The minimum Gasteiger partial charge on any atom is -0.388 e. The molecule has 0 spiro atoms. The van der Waals surface area contributed by atoms with Crippen molar-refractivity contribution in [1.82, 2.24) is 10.2 Å². The molecule has 0 radical (unpaired) electrons. The molecule has 2 N–H and O–H groups in total. The van der Waals surface area contributed by atoms with Crippen LogP contribution in [0, 0.1) is 5.82 Å². The Kier molecular flexibility index (Phi) is 4.97. The Bertz CT molecular complexity index is 558. The van der Waals surface area contributed by atoms with Crippen LogP contribution in [0.1, 0.15) is 44.1 Å². The highest BCUT2D eigenvalue weighted by atomic mass is 19.1. The molecule has 23 heavy (non-hydrogen) atoms. The second-order valence-corrected chi connectivity index (χ2v) is 6.87. The second-order valence-electron chi connectivity index (χ2n) is 6.87. The number of carbonyl (C=O) groups is 1. The number of rotatable bonds is 5. The van der Waals surface area contributed by atoms with Crippen molar-refractivity contribution in [3.05, 3.63) is 35.6 Å². The highest BCUT2D eigenvalue weighted by molar-refractivity contribution is 5.82. The fourth-order valence-electron chi connectivity index (χ4n) is 3.74. The van der Waals surface area contributed by atoms with E-state index in [-0.39, 0.29) is 17.8 Å². The summed E-state index contributed by atoms with van der Waals surface area (Å²) in [6.45, 7) is 1.58. The van der Waals surface area contributed by atoms with Crippen LogP contribution in [0.4, 0.5) is 4.39 Å². The Hall–Kier alpha value is -1.46. The van der Waals surface area contributed by atoms with Crippen molar-refractivity contribution in [3.63, 3.8) is 0 Å². The number of halogens is 1. The number of benzene rings is 1. The molecule has 4 nitrogen and oxygen atoms in total. The molecular weight excluding hydrogens is 295 g/mol. The van der Waals surface area contributed by atoms with Crippen LogP contribution in [-0.2, 0) is 11.3 Å². The molecule has 1 saturated heterocycles. The number of hydrogen-bond donors (Lipinski definition) is 2. The average molecular weight is 320 g/mol. The Morgan fingerprint density at radius 3 is 2.78 bits per heavy atom. The molecule has 0 bridgehead atoms. The zero-order valence-electron chi connectivity index (χ0n) is 13.4. The van der Waals surface area contributed by atoms with E-state index in [1.54, 1.807) is 12.1 Å². The van der Waals surface area contributed by atoms with Gasteiger partial charge in [0.05, 0.1) is 11.6 Å². The molecule has 126 valence electrons. The number of hydrogen-bond acceptors (Lipinski definition) is 3. The zero-order chi connectivity index (χ0) is 16.3. The quantitative estimate of drug-likeness (QED) is 0.874. The summed E-state index contributed by atoms with van der Waals surface area (Å²) in [4.78, 5) is 14.5. The van der Waals surface area contributed by atoms with E-state index in [2.05, 4.69) is 5.32 Å². The van der Waals surface area contributed by atoms with Crippen molar-refractivity contribution in [2.45, 2.75) is 56.7 Å². The topological polar surface area (TPSA) is 52.6 Å². The van der Waals surface area contributed by atoms with Crippen LogP contribution in [0.15, 0.2) is 24.3 Å². The molecular formula is C18H25FN2O2. The molecule has 1 aromatic carbocycles. The maximum atomic E-state index is 13.8. The van der Waals surface area contributed by atoms with E-state index in [0.717, 1.165) is 45.1 Å². The van der Waals surface area contributed by atoms with Gasteiger partial charge in [0.15, 0.2) is 0 Å². The van der Waals surface area contributed by atoms with Gasteiger partial charge < -0.3 is 10.4 Å². The van der Waals surface area contributed by atoms with Gasteiger partial charge in [-0.25, -0.2) is 4.39 Å². The maximum Gasteiger partial charge on any atom is 0.237 e. The predicted octanol–water partition coefficient (Wildman–Crippen LogP) is 2.21. The molecule has 3 rings (SSSR count). The number of nitrogens with zero attached hydrogens (tertiary/aromatic N) is 1. The van der Waals surface area contributed by atoms with Gasteiger partial charge in [-0.1, -0.05) is 31.0 Å². The summed E-state index contributed by atoms with van der Waals surface area (Å²) < 4.78 is 13.8. The molecule has 1 aromatic rings. The zero-order valence-corrected chi connectivity index (χ0v) is 13.4. The van der Waals surface area contributed by atoms with Crippen molar-refractivity contribution >= 4 is 5.91 Å². The smallest absolute Gasteiger partial charge is 0.237 e. The third-order valence-electron chi connectivity index (χ3n) is 5.12. The Morgan fingerprint density at radius 2 is 2.04 bits per heavy atom. The first kappa shape index (κ1) is 16.4. The molecule has 2 fully saturated rings. The summed E-state index contributed by atoms with van der Waals surface area (Å²) in [6.07, 6.45) is 5.30. The van der Waals surface area contributed by atoms with E-state index >= 15 is 0 Å². The molecule has 1 aliphatic carbocycles. The highest BCUT2D eigenvalue weighted by Crippen LogP contribution is 2.29. The molecule has 1 saturated carbocycles. The van der Waals surface area contributed by atoms with E-state index in [4.69, 9.17) is 0 Å². The summed E-state index contributed by atoms with van der Waals surface area (Å²) in [5.41, 5.74) is -0.105. The first-order valence-corrected chi connectivity index (χ1v) is 8.55. The molecule has 1 amide bonds. The first-order valence-electron chi connectivity index (χ1n) is 8.55. The Balaban J connectivity index is 1.57.